The predicted octanol–water partition coefficient (Wildman–Crippen LogP) is 3.35. The molecule has 1 N–H and O–H groups in total. The minimum Gasteiger partial charge on any atom is -0.355 e. The molecule has 0 aliphatic carbocycles. The number of benzene rings is 1. The molecule has 0 atom stereocenters. The van der Waals surface area contributed by atoms with Crippen molar-refractivity contribution in [3.8, 4) is 0 Å². The first-order chi connectivity index (χ1) is 13.2. The Morgan fingerprint density at radius 2 is 2.04 bits per heavy atom. The molecule has 0 spiro atoms. The van der Waals surface area contributed by atoms with Crippen molar-refractivity contribution in [2.24, 2.45) is 4.99 Å². The van der Waals surface area contributed by atoms with E-state index < -0.39 is 0 Å². The Kier molecular flexibility index (Phi) is 9.72. The number of rotatable bonds is 6. The molecular weight excluding hydrogens is 510 g/mol. The lowest BCUT2D eigenvalue weighted by Crippen LogP contribution is -2.52. The highest BCUT2D eigenvalue weighted by Gasteiger charge is 2.21. The van der Waals surface area contributed by atoms with E-state index in [4.69, 9.17) is 0 Å². The van der Waals surface area contributed by atoms with Crippen molar-refractivity contribution in [1.82, 2.24) is 19.6 Å². The predicted molar refractivity (Wildman–Crippen MR) is 127 cm³/mol. The first-order valence-electron chi connectivity index (χ1n) is 9.11. The average molecular weight is 536 g/mol. The topological polar surface area (TPSA) is 56.7 Å². The van der Waals surface area contributed by atoms with Crippen LogP contribution in [0.3, 0.4) is 0 Å². The van der Waals surface area contributed by atoms with Gasteiger partial charge in [-0.25, -0.2) is 9.37 Å². The van der Waals surface area contributed by atoms with Crippen molar-refractivity contribution in [3.63, 3.8) is 0 Å². The second-order valence-electron chi connectivity index (χ2n) is 6.07. The lowest BCUT2D eigenvalue weighted by Gasteiger charge is -2.36. The first-order valence-corrected chi connectivity index (χ1v) is 10.9. The number of hydrogen-bond donors (Lipinski definition) is 1. The van der Waals surface area contributed by atoms with E-state index in [0.29, 0.717) is 4.90 Å². The van der Waals surface area contributed by atoms with Crippen LogP contribution in [0.4, 0.5) is 9.52 Å². The number of hydrogen-bond acceptors (Lipinski definition) is 6. The van der Waals surface area contributed by atoms with Gasteiger partial charge in [0.2, 0.25) is 5.13 Å². The fraction of sp³-hybridized carbons (Fsp3) is 0.500. The van der Waals surface area contributed by atoms with Gasteiger partial charge in [0, 0.05) is 68.4 Å². The summed E-state index contributed by atoms with van der Waals surface area (Å²) in [5.74, 6) is 2.44. The van der Waals surface area contributed by atoms with E-state index in [0.717, 1.165) is 61.8 Å². The molecule has 3 rings (SSSR count). The van der Waals surface area contributed by atoms with Gasteiger partial charge in [0.1, 0.15) is 11.6 Å². The second-order valence-corrected chi connectivity index (χ2v) is 7.94. The molecule has 28 heavy (non-hydrogen) atoms. The molecule has 0 unspecified atom stereocenters. The maximum Gasteiger partial charge on any atom is 0.205 e. The van der Waals surface area contributed by atoms with Gasteiger partial charge in [-0.3, -0.25) is 4.99 Å². The first kappa shape index (κ1) is 23.1. The number of anilines is 1. The van der Waals surface area contributed by atoms with Crippen molar-refractivity contribution in [2.45, 2.75) is 18.2 Å². The molecule has 0 bridgehead atoms. The highest BCUT2D eigenvalue weighted by atomic mass is 127. The third kappa shape index (κ3) is 6.18. The minimum absolute atomic E-state index is 0. The molecule has 0 amide bonds. The van der Waals surface area contributed by atoms with Gasteiger partial charge in [0.25, 0.3) is 0 Å². The van der Waals surface area contributed by atoms with E-state index in [2.05, 4.69) is 36.4 Å². The standard InChI is InChI=1S/C18H25FN6S2.HI/c1-3-16-22-18(27-23-16)25-11-9-24(10-12-25)17(20-2)21-8-13-26-15-7-5-4-6-14(15)19;/h4-7H,3,8-13H2,1-2H3,(H,20,21);1H. The number of aromatic nitrogens is 2. The van der Waals surface area contributed by atoms with Crippen LogP contribution in [-0.4, -0.2) is 65.7 Å². The maximum absolute atomic E-state index is 13.6. The zero-order chi connectivity index (χ0) is 19.1. The molecule has 10 heteroatoms. The Hall–Kier alpha value is -1.14. The molecule has 0 radical (unpaired) electrons. The smallest absolute Gasteiger partial charge is 0.205 e. The van der Waals surface area contributed by atoms with Gasteiger partial charge in [-0.1, -0.05) is 19.1 Å². The maximum atomic E-state index is 13.6. The van der Waals surface area contributed by atoms with E-state index in [1.807, 2.05) is 12.1 Å². The minimum atomic E-state index is -0.161. The molecule has 6 nitrogen and oxygen atoms in total. The third-order valence-electron chi connectivity index (χ3n) is 4.31. The number of aliphatic imine (C=N–C) groups is 1. The van der Waals surface area contributed by atoms with Crippen LogP contribution in [0.25, 0.3) is 0 Å². The van der Waals surface area contributed by atoms with E-state index in [9.17, 15) is 4.39 Å². The molecule has 1 aromatic heterocycles. The van der Waals surface area contributed by atoms with Crippen molar-refractivity contribution >= 4 is 58.4 Å². The van der Waals surface area contributed by atoms with Gasteiger partial charge in [-0.15, -0.1) is 35.7 Å². The largest absolute Gasteiger partial charge is 0.355 e. The lowest BCUT2D eigenvalue weighted by molar-refractivity contribution is 0.373. The number of piperazine rings is 1. The quantitative estimate of drug-likeness (QED) is 0.201. The molecule has 1 saturated heterocycles. The van der Waals surface area contributed by atoms with E-state index >= 15 is 0 Å². The summed E-state index contributed by atoms with van der Waals surface area (Å²) in [6.45, 7) is 6.40. The highest BCUT2D eigenvalue weighted by molar-refractivity contribution is 14.0. The van der Waals surface area contributed by atoms with Gasteiger partial charge < -0.3 is 15.1 Å². The zero-order valence-corrected chi connectivity index (χ0v) is 20.1. The van der Waals surface area contributed by atoms with E-state index in [1.165, 1.54) is 29.4 Å². The van der Waals surface area contributed by atoms with Crippen LogP contribution in [-0.2, 0) is 6.42 Å². The highest BCUT2D eigenvalue weighted by Crippen LogP contribution is 2.21. The van der Waals surface area contributed by atoms with Crippen molar-refractivity contribution < 1.29 is 4.39 Å². The zero-order valence-electron chi connectivity index (χ0n) is 16.1. The van der Waals surface area contributed by atoms with Gasteiger partial charge in [0.05, 0.1) is 0 Å². The summed E-state index contributed by atoms with van der Waals surface area (Å²) in [4.78, 5) is 14.2. The van der Waals surface area contributed by atoms with E-state index in [-0.39, 0.29) is 29.8 Å². The monoisotopic (exact) mass is 536 g/mol. The molecule has 0 saturated carbocycles. The van der Waals surface area contributed by atoms with Gasteiger partial charge in [-0.05, 0) is 12.1 Å². The SMILES string of the molecule is CCc1nsc(N2CCN(C(=NC)NCCSc3ccccc3F)CC2)n1.I. The number of guanidine groups is 1. The van der Waals surface area contributed by atoms with Gasteiger partial charge in [0.15, 0.2) is 5.96 Å². The summed E-state index contributed by atoms with van der Waals surface area (Å²) in [5, 5.41) is 4.40. The number of nitrogens with one attached hydrogen (secondary N) is 1. The summed E-state index contributed by atoms with van der Waals surface area (Å²) in [6, 6.07) is 6.88. The van der Waals surface area contributed by atoms with Crippen LogP contribution in [0.2, 0.25) is 0 Å². The fourth-order valence-electron chi connectivity index (χ4n) is 2.84. The fourth-order valence-corrected chi connectivity index (χ4v) is 4.45. The van der Waals surface area contributed by atoms with Crippen molar-refractivity contribution in [3.05, 3.63) is 35.9 Å². The lowest BCUT2D eigenvalue weighted by atomic mass is 10.3. The molecule has 2 aromatic rings. The molecule has 1 aliphatic rings. The number of halogens is 2. The number of aryl methyl sites for hydroxylation is 1. The van der Waals surface area contributed by atoms with Gasteiger partial charge in [-0.2, -0.15) is 4.37 Å². The number of nitrogens with zero attached hydrogens (tertiary/aromatic N) is 5. The van der Waals surface area contributed by atoms with Crippen molar-refractivity contribution in [1.29, 1.82) is 0 Å². The van der Waals surface area contributed by atoms with Gasteiger partial charge >= 0.3 is 0 Å². The average Bonchev–Trinajstić information content (AvgIpc) is 3.19. The van der Waals surface area contributed by atoms with Crippen LogP contribution in [0.5, 0.6) is 0 Å². The Morgan fingerprint density at radius 3 is 2.68 bits per heavy atom. The number of thioether (sulfide) groups is 1. The van der Waals surface area contributed by atoms with Crippen LogP contribution in [0.15, 0.2) is 34.2 Å². The molecule has 1 fully saturated rings. The summed E-state index contributed by atoms with van der Waals surface area (Å²) >= 11 is 2.99. The summed E-state index contributed by atoms with van der Waals surface area (Å²) in [5.41, 5.74) is 0. The normalized spacial score (nSPS) is 14.8. The Morgan fingerprint density at radius 1 is 1.29 bits per heavy atom. The Balaban J connectivity index is 0.00000280. The summed E-state index contributed by atoms with van der Waals surface area (Å²) in [6.07, 6.45) is 0.873. The molecule has 2 heterocycles. The summed E-state index contributed by atoms with van der Waals surface area (Å²) < 4.78 is 18.0. The Bertz CT molecular complexity index is 764. The second kappa shape index (κ2) is 11.8. The molecule has 1 aromatic carbocycles. The molecule has 154 valence electrons. The van der Waals surface area contributed by atoms with Crippen LogP contribution in [0.1, 0.15) is 12.7 Å². The molecular formula is C18H26FIN6S2. The van der Waals surface area contributed by atoms with Crippen molar-refractivity contribution in [2.75, 3.05) is 50.4 Å². The van der Waals surface area contributed by atoms with Crippen LogP contribution < -0.4 is 10.2 Å². The van der Waals surface area contributed by atoms with Crippen LogP contribution >= 0.6 is 47.3 Å². The Labute approximate surface area is 191 Å². The summed E-state index contributed by atoms with van der Waals surface area (Å²) in [7, 11) is 1.80. The van der Waals surface area contributed by atoms with E-state index in [1.54, 1.807) is 13.1 Å². The van der Waals surface area contributed by atoms with Crippen LogP contribution in [0, 0.1) is 5.82 Å². The third-order valence-corrected chi connectivity index (χ3v) is 6.18. The molecule has 1 aliphatic heterocycles.